The van der Waals surface area contributed by atoms with Gasteiger partial charge in [0.05, 0.1) is 24.0 Å². The molecule has 4 nitrogen and oxygen atoms in total. The van der Waals surface area contributed by atoms with Gasteiger partial charge in [-0.1, -0.05) is 13.8 Å². The molecule has 8 fully saturated rings. The molecule has 4 unspecified atom stereocenters. The molecule has 0 heterocycles. The van der Waals surface area contributed by atoms with E-state index in [2.05, 4.69) is 13.8 Å². The Morgan fingerprint density at radius 3 is 1.28 bits per heavy atom. The van der Waals surface area contributed by atoms with Gasteiger partial charge in [-0.2, -0.15) is 0 Å². The summed E-state index contributed by atoms with van der Waals surface area (Å²) in [5.41, 5.74) is 0.0175. The Kier molecular flexibility index (Phi) is 4.84. The Morgan fingerprint density at radius 1 is 0.625 bits per heavy atom. The van der Waals surface area contributed by atoms with Crippen LogP contribution in [0.15, 0.2) is 0 Å². The Bertz CT molecular complexity index is 705. The van der Waals surface area contributed by atoms with Crippen molar-refractivity contribution in [3.63, 3.8) is 0 Å². The van der Waals surface area contributed by atoms with Crippen LogP contribution in [0.3, 0.4) is 0 Å². The van der Waals surface area contributed by atoms with E-state index in [0.29, 0.717) is 36.9 Å². The average molecular weight is 443 g/mol. The van der Waals surface area contributed by atoms with Crippen LogP contribution >= 0.6 is 0 Å². The predicted octanol–water partition coefficient (Wildman–Crippen LogP) is 6.07. The van der Waals surface area contributed by atoms with Crippen LogP contribution in [0.4, 0.5) is 0 Å². The Balaban J connectivity index is 1.35. The van der Waals surface area contributed by atoms with Crippen molar-refractivity contribution < 1.29 is 19.1 Å². The molecule has 0 spiro atoms. The zero-order valence-corrected chi connectivity index (χ0v) is 20.3. The van der Waals surface area contributed by atoms with Gasteiger partial charge in [-0.3, -0.25) is 9.59 Å². The van der Waals surface area contributed by atoms with Crippen molar-refractivity contribution in [3.05, 3.63) is 0 Å². The second kappa shape index (κ2) is 7.22. The molecule has 0 amide bonds. The fourth-order valence-corrected chi connectivity index (χ4v) is 10.9. The zero-order chi connectivity index (χ0) is 22.2. The summed E-state index contributed by atoms with van der Waals surface area (Å²) in [6.07, 6.45) is 15.9. The van der Waals surface area contributed by atoms with Crippen molar-refractivity contribution in [2.75, 3.05) is 13.2 Å². The molecule has 8 bridgehead atoms. The number of rotatable bonds is 7. The van der Waals surface area contributed by atoms with Gasteiger partial charge < -0.3 is 9.47 Å². The van der Waals surface area contributed by atoms with Crippen LogP contribution in [0.2, 0.25) is 0 Å². The molecule has 4 heteroatoms. The van der Waals surface area contributed by atoms with Crippen LogP contribution in [0, 0.1) is 45.3 Å². The van der Waals surface area contributed by atoms with E-state index in [0.717, 1.165) is 51.4 Å². The summed E-state index contributed by atoms with van der Waals surface area (Å²) in [5.74, 6) is 2.95. The molecular weight excluding hydrogens is 400 g/mol. The Labute approximate surface area is 193 Å². The van der Waals surface area contributed by atoms with Gasteiger partial charge in [0.2, 0.25) is 0 Å². The van der Waals surface area contributed by atoms with Gasteiger partial charge in [0.25, 0.3) is 0 Å². The first-order valence-electron chi connectivity index (χ1n) is 13.7. The summed E-state index contributed by atoms with van der Waals surface area (Å²) in [7, 11) is 0. The third-order valence-corrected chi connectivity index (χ3v) is 11.0. The number of esters is 2. The highest BCUT2D eigenvalue weighted by atomic mass is 16.5. The molecule has 0 radical (unpaired) electrons. The number of carbonyl (C=O) groups is 2. The minimum absolute atomic E-state index is 0.111. The second-order valence-corrected chi connectivity index (χ2v) is 13.3. The summed E-state index contributed by atoms with van der Waals surface area (Å²) in [6, 6.07) is 0. The van der Waals surface area contributed by atoms with Gasteiger partial charge in [0.1, 0.15) is 0 Å². The molecule has 32 heavy (non-hydrogen) atoms. The molecule has 0 aromatic rings. The summed E-state index contributed by atoms with van der Waals surface area (Å²) in [4.78, 5) is 26.8. The zero-order valence-electron chi connectivity index (χ0n) is 20.3. The summed E-state index contributed by atoms with van der Waals surface area (Å²) in [5, 5.41) is 0. The summed E-state index contributed by atoms with van der Waals surface area (Å²) < 4.78 is 11.7. The first-order valence-corrected chi connectivity index (χ1v) is 13.7. The SMILES string of the molecule is CCCOC(=O)C12CC3CC(C1)CC(C14CC5CC(CC(C(=O)OCCC)(C5)C1)C4)(C3)C2. The first-order chi connectivity index (χ1) is 15.4. The largest absolute Gasteiger partial charge is 0.465 e. The standard InChI is InChI=1S/C28H42O4/c1-3-5-31-23(29)25-9-19-7-20(10-25)14-27(13-19,17-25)28-15-21-8-22(16-28)12-26(11-21,18-28)24(30)32-6-4-2/h19-22H,3-18H2,1-2H3. The molecule has 8 aliphatic rings. The molecule has 8 rings (SSSR count). The lowest BCUT2D eigenvalue weighted by Gasteiger charge is -2.73. The van der Waals surface area contributed by atoms with Crippen LogP contribution in [0.25, 0.3) is 0 Å². The maximum Gasteiger partial charge on any atom is 0.312 e. The monoisotopic (exact) mass is 442 g/mol. The van der Waals surface area contributed by atoms with Crippen LogP contribution in [0.1, 0.15) is 104 Å². The lowest BCUT2D eigenvalue weighted by Crippen LogP contribution is -2.66. The molecule has 0 aromatic carbocycles. The Morgan fingerprint density at radius 2 is 0.969 bits per heavy atom. The highest BCUT2D eigenvalue weighted by Crippen LogP contribution is 2.78. The molecular formula is C28H42O4. The maximum absolute atomic E-state index is 13.4. The molecule has 0 aromatic heterocycles. The van der Waals surface area contributed by atoms with E-state index in [-0.39, 0.29) is 33.6 Å². The molecule has 0 aliphatic heterocycles. The average Bonchev–Trinajstić information content (AvgIpc) is 2.74. The summed E-state index contributed by atoms with van der Waals surface area (Å²) in [6.45, 7) is 5.29. The lowest BCUT2D eigenvalue weighted by atomic mass is 9.31. The highest BCUT2D eigenvalue weighted by molar-refractivity contribution is 5.78. The van der Waals surface area contributed by atoms with E-state index in [1.54, 1.807) is 0 Å². The van der Waals surface area contributed by atoms with Crippen LogP contribution < -0.4 is 0 Å². The Hall–Kier alpha value is -1.06. The van der Waals surface area contributed by atoms with Crippen molar-refractivity contribution in [1.82, 2.24) is 0 Å². The lowest BCUT2D eigenvalue weighted by molar-refractivity contribution is -0.244. The maximum atomic E-state index is 13.4. The number of hydrogen-bond donors (Lipinski definition) is 0. The van der Waals surface area contributed by atoms with E-state index < -0.39 is 0 Å². The van der Waals surface area contributed by atoms with Gasteiger partial charge in [-0.25, -0.2) is 0 Å². The van der Waals surface area contributed by atoms with Gasteiger partial charge in [0, 0.05) is 0 Å². The topological polar surface area (TPSA) is 52.6 Å². The van der Waals surface area contributed by atoms with Crippen molar-refractivity contribution >= 4 is 11.9 Å². The summed E-state index contributed by atoms with van der Waals surface area (Å²) >= 11 is 0. The molecule has 0 saturated heterocycles. The first kappa shape index (κ1) is 21.5. The number of carbonyl (C=O) groups excluding carboxylic acids is 2. The van der Waals surface area contributed by atoms with Crippen molar-refractivity contribution in [2.45, 2.75) is 104 Å². The van der Waals surface area contributed by atoms with Gasteiger partial charge in [0.15, 0.2) is 0 Å². The van der Waals surface area contributed by atoms with E-state index >= 15 is 0 Å². The fraction of sp³-hybridized carbons (Fsp3) is 0.929. The highest BCUT2D eigenvalue weighted by Gasteiger charge is 2.72. The van der Waals surface area contributed by atoms with Gasteiger partial charge in [-0.05, 0) is 124 Å². The van der Waals surface area contributed by atoms with Crippen molar-refractivity contribution in [2.24, 2.45) is 45.3 Å². The van der Waals surface area contributed by atoms with Crippen LogP contribution in [-0.4, -0.2) is 25.2 Å². The molecule has 8 saturated carbocycles. The van der Waals surface area contributed by atoms with Crippen molar-refractivity contribution in [1.29, 1.82) is 0 Å². The van der Waals surface area contributed by atoms with Gasteiger partial charge in [-0.15, -0.1) is 0 Å². The van der Waals surface area contributed by atoms with Crippen LogP contribution in [-0.2, 0) is 19.1 Å². The van der Waals surface area contributed by atoms with E-state index in [9.17, 15) is 9.59 Å². The smallest absolute Gasteiger partial charge is 0.312 e. The molecule has 8 aliphatic carbocycles. The molecule has 0 N–H and O–H groups in total. The quantitative estimate of drug-likeness (QED) is 0.449. The minimum Gasteiger partial charge on any atom is -0.465 e. The third kappa shape index (κ3) is 2.92. The third-order valence-electron chi connectivity index (χ3n) is 11.0. The van der Waals surface area contributed by atoms with Crippen molar-refractivity contribution in [3.8, 4) is 0 Å². The molecule has 178 valence electrons. The number of ether oxygens (including phenoxy) is 2. The number of hydrogen-bond acceptors (Lipinski definition) is 4. The van der Waals surface area contributed by atoms with E-state index in [1.807, 2.05) is 0 Å². The fourth-order valence-electron chi connectivity index (χ4n) is 10.9. The van der Waals surface area contributed by atoms with Crippen LogP contribution in [0.5, 0.6) is 0 Å². The minimum atomic E-state index is -0.238. The van der Waals surface area contributed by atoms with E-state index in [1.165, 1.54) is 38.5 Å². The van der Waals surface area contributed by atoms with Gasteiger partial charge >= 0.3 is 11.9 Å². The normalized spacial score (nSPS) is 49.9. The predicted molar refractivity (Wildman–Crippen MR) is 122 cm³/mol. The second-order valence-electron chi connectivity index (χ2n) is 13.3. The molecule has 4 atom stereocenters. The van der Waals surface area contributed by atoms with E-state index in [4.69, 9.17) is 9.47 Å².